The van der Waals surface area contributed by atoms with Crippen LogP contribution in [0.1, 0.15) is 12.7 Å². The van der Waals surface area contributed by atoms with Crippen molar-refractivity contribution in [2.75, 3.05) is 5.32 Å². The molecule has 2 heterocycles. The number of carbonyl (C=O) groups is 1. The van der Waals surface area contributed by atoms with Crippen molar-refractivity contribution in [3.8, 4) is 0 Å². The lowest BCUT2D eigenvalue weighted by atomic mass is 10.2. The van der Waals surface area contributed by atoms with Crippen molar-refractivity contribution in [3.05, 3.63) is 87.0 Å². The van der Waals surface area contributed by atoms with Crippen LogP contribution in [-0.4, -0.2) is 20.7 Å². The van der Waals surface area contributed by atoms with Gasteiger partial charge in [-0.15, -0.1) is 0 Å². The molecule has 0 fully saturated rings. The molecule has 0 aliphatic rings. The number of nitrogens with zero attached hydrogens (tertiary/aromatic N) is 2. The molecule has 2 aromatic carbocycles. The van der Waals surface area contributed by atoms with Gasteiger partial charge in [0.2, 0.25) is 5.91 Å². The standard InChI is InChI=1S/C22H17Cl2N3O3S/c1-13(20(28)25-18-10-4-8-16(23)19(18)24)31-22-26-17-9-3-2-7-15(17)21(29)27(22)12-14-6-5-11-30-14/h2-11,13H,12H2,1H3,(H,25,28). The SMILES string of the molecule is CC(Sc1nc2ccccc2c(=O)n1Cc1ccco1)C(=O)Nc1cccc(Cl)c1Cl. The first-order chi connectivity index (χ1) is 14.9. The lowest BCUT2D eigenvalue weighted by molar-refractivity contribution is -0.115. The predicted octanol–water partition coefficient (Wildman–Crippen LogP) is 5.46. The number of rotatable bonds is 6. The highest BCUT2D eigenvalue weighted by molar-refractivity contribution is 8.00. The summed E-state index contributed by atoms with van der Waals surface area (Å²) in [7, 11) is 0. The summed E-state index contributed by atoms with van der Waals surface area (Å²) in [4.78, 5) is 30.6. The molecule has 4 rings (SSSR count). The first kappa shape index (κ1) is 21.5. The van der Waals surface area contributed by atoms with Gasteiger partial charge in [0.25, 0.3) is 5.56 Å². The molecule has 0 spiro atoms. The summed E-state index contributed by atoms with van der Waals surface area (Å²) in [5.41, 5.74) is 0.789. The summed E-state index contributed by atoms with van der Waals surface area (Å²) in [6.45, 7) is 1.94. The second-order valence-corrected chi connectivity index (χ2v) is 8.83. The maximum Gasteiger partial charge on any atom is 0.262 e. The van der Waals surface area contributed by atoms with Crippen LogP contribution >= 0.6 is 35.0 Å². The van der Waals surface area contributed by atoms with Crippen LogP contribution in [0.25, 0.3) is 10.9 Å². The Bertz CT molecular complexity index is 1310. The van der Waals surface area contributed by atoms with E-state index < -0.39 is 5.25 Å². The number of halogens is 2. The van der Waals surface area contributed by atoms with Crippen LogP contribution in [0, 0.1) is 0 Å². The van der Waals surface area contributed by atoms with E-state index in [2.05, 4.69) is 10.3 Å². The fourth-order valence-electron chi connectivity index (χ4n) is 2.98. The van der Waals surface area contributed by atoms with Crippen LogP contribution in [0.2, 0.25) is 10.0 Å². The second-order valence-electron chi connectivity index (χ2n) is 6.73. The van der Waals surface area contributed by atoms with Crippen molar-refractivity contribution < 1.29 is 9.21 Å². The molecule has 9 heteroatoms. The van der Waals surface area contributed by atoms with Crippen LogP contribution < -0.4 is 10.9 Å². The number of nitrogens with one attached hydrogen (secondary N) is 1. The van der Waals surface area contributed by atoms with Crippen molar-refractivity contribution in [1.29, 1.82) is 0 Å². The summed E-state index contributed by atoms with van der Waals surface area (Å²) in [5, 5.41) is 3.75. The fraction of sp³-hybridized carbons (Fsp3) is 0.136. The zero-order valence-electron chi connectivity index (χ0n) is 16.3. The van der Waals surface area contributed by atoms with E-state index in [1.165, 1.54) is 16.3 Å². The maximum atomic E-state index is 13.1. The first-order valence-electron chi connectivity index (χ1n) is 9.37. The zero-order chi connectivity index (χ0) is 22.0. The fourth-order valence-corrected chi connectivity index (χ4v) is 4.24. The third-order valence-corrected chi connectivity index (χ3v) is 6.49. The lowest BCUT2D eigenvalue weighted by Gasteiger charge is -2.16. The summed E-state index contributed by atoms with van der Waals surface area (Å²) in [6.07, 6.45) is 1.55. The summed E-state index contributed by atoms with van der Waals surface area (Å²) in [5.74, 6) is 0.324. The molecular weight excluding hydrogens is 457 g/mol. The highest BCUT2D eigenvalue weighted by Crippen LogP contribution is 2.31. The van der Waals surface area contributed by atoms with Crippen LogP contribution in [0.15, 0.2) is 75.2 Å². The summed E-state index contributed by atoms with van der Waals surface area (Å²) >= 11 is 13.4. The normalized spacial score (nSPS) is 12.1. The number of furan rings is 1. The Morgan fingerprint density at radius 1 is 1.16 bits per heavy atom. The van der Waals surface area contributed by atoms with E-state index in [9.17, 15) is 9.59 Å². The minimum atomic E-state index is -0.564. The van der Waals surface area contributed by atoms with Crippen LogP contribution in [-0.2, 0) is 11.3 Å². The van der Waals surface area contributed by atoms with Gasteiger partial charge in [0.15, 0.2) is 5.16 Å². The third kappa shape index (κ3) is 4.63. The minimum absolute atomic E-state index is 0.199. The average molecular weight is 474 g/mol. The van der Waals surface area contributed by atoms with Gasteiger partial charge in [-0.05, 0) is 43.3 Å². The van der Waals surface area contributed by atoms with E-state index in [1.54, 1.807) is 61.7 Å². The topological polar surface area (TPSA) is 77.1 Å². The van der Waals surface area contributed by atoms with E-state index in [4.69, 9.17) is 27.6 Å². The van der Waals surface area contributed by atoms with E-state index in [0.717, 1.165) is 0 Å². The van der Waals surface area contributed by atoms with Gasteiger partial charge in [-0.2, -0.15) is 0 Å². The summed E-state index contributed by atoms with van der Waals surface area (Å²) in [6, 6.07) is 15.7. The monoisotopic (exact) mass is 473 g/mol. The molecular formula is C22H17Cl2N3O3S. The van der Waals surface area contributed by atoms with Crippen molar-refractivity contribution in [3.63, 3.8) is 0 Å². The Morgan fingerprint density at radius 2 is 1.97 bits per heavy atom. The zero-order valence-corrected chi connectivity index (χ0v) is 18.7. The van der Waals surface area contributed by atoms with E-state index in [1.807, 2.05) is 6.07 Å². The third-order valence-electron chi connectivity index (χ3n) is 4.58. The van der Waals surface area contributed by atoms with Crippen LogP contribution in [0.4, 0.5) is 5.69 Å². The average Bonchev–Trinajstić information content (AvgIpc) is 3.27. The van der Waals surface area contributed by atoms with Gasteiger partial charge in [0.1, 0.15) is 5.76 Å². The quantitative estimate of drug-likeness (QED) is 0.297. The molecule has 4 aromatic rings. The van der Waals surface area contributed by atoms with Gasteiger partial charge < -0.3 is 9.73 Å². The van der Waals surface area contributed by atoms with Crippen molar-refractivity contribution in [2.45, 2.75) is 23.9 Å². The molecule has 1 amide bonds. The molecule has 0 radical (unpaired) electrons. The Balaban J connectivity index is 1.65. The molecule has 0 aliphatic heterocycles. The Kier molecular flexibility index (Phi) is 6.36. The Labute approximate surface area is 192 Å². The van der Waals surface area contributed by atoms with Crippen molar-refractivity contribution >= 4 is 57.5 Å². The second kappa shape index (κ2) is 9.18. The van der Waals surface area contributed by atoms with Gasteiger partial charge in [0, 0.05) is 0 Å². The lowest BCUT2D eigenvalue weighted by Crippen LogP contribution is -2.27. The molecule has 158 valence electrons. The number of hydrogen-bond acceptors (Lipinski definition) is 5. The molecule has 2 aromatic heterocycles. The molecule has 1 atom stereocenters. The predicted molar refractivity (Wildman–Crippen MR) is 124 cm³/mol. The first-order valence-corrected chi connectivity index (χ1v) is 11.0. The van der Waals surface area contributed by atoms with E-state index in [-0.39, 0.29) is 23.0 Å². The number of aromatic nitrogens is 2. The van der Waals surface area contributed by atoms with E-state index >= 15 is 0 Å². The number of anilines is 1. The van der Waals surface area contributed by atoms with Gasteiger partial charge >= 0.3 is 0 Å². The van der Waals surface area contributed by atoms with Crippen molar-refractivity contribution in [2.24, 2.45) is 0 Å². The van der Waals surface area contributed by atoms with E-state index in [0.29, 0.717) is 32.5 Å². The maximum absolute atomic E-state index is 13.1. The Hall–Kier alpha value is -2.74. The summed E-state index contributed by atoms with van der Waals surface area (Å²) < 4.78 is 6.93. The van der Waals surface area contributed by atoms with Gasteiger partial charge in [0.05, 0.1) is 44.7 Å². The Morgan fingerprint density at radius 3 is 2.74 bits per heavy atom. The number of fused-ring (bicyclic) bond motifs is 1. The number of benzene rings is 2. The molecule has 0 saturated carbocycles. The smallest absolute Gasteiger partial charge is 0.262 e. The molecule has 0 aliphatic carbocycles. The number of thioether (sulfide) groups is 1. The molecule has 1 unspecified atom stereocenters. The minimum Gasteiger partial charge on any atom is -0.467 e. The van der Waals surface area contributed by atoms with Gasteiger partial charge in [-0.3, -0.25) is 14.2 Å². The van der Waals surface area contributed by atoms with Crippen LogP contribution in [0.3, 0.4) is 0 Å². The van der Waals surface area contributed by atoms with Gasteiger partial charge in [-0.1, -0.05) is 53.2 Å². The molecule has 1 N–H and O–H groups in total. The number of hydrogen-bond donors (Lipinski definition) is 1. The van der Waals surface area contributed by atoms with Crippen LogP contribution in [0.5, 0.6) is 0 Å². The highest BCUT2D eigenvalue weighted by atomic mass is 35.5. The van der Waals surface area contributed by atoms with Gasteiger partial charge in [-0.25, -0.2) is 4.98 Å². The van der Waals surface area contributed by atoms with Crippen molar-refractivity contribution in [1.82, 2.24) is 9.55 Å². The number of carbonyl (C=O) groups excluding carboxylic acids is 1. The number of amides is 1. The highest BCUT2D eigenvalue weighted by Gasteiger charge is 2.21. The largest absolute Gasteiger partial charge is 0.467 e. The molecule has 31 heavy (non-hydrogen) atoms. The molecule has 6 nitrogen and oxygen atoms in total. The molecule has 0 saturated heterocycles. The number of para-hydroxylation sites is 1. The molecule has 0 bridgehead atoms.